The Kier molecular flexibility index (Phi) is 7.99. The van der Waals surface area contributed by atoms with E-state index in [1.54, 1.807) is 18.7 Å². The van der Waals surface area contributed by atoms with Crippen molar-refractivity contribution in [3.05, 3.63) is 34.9 Å². The SMILES string of the molecule is CC(C)(CC(=O)NNC(=O)c1cc(C(F)(F)F)cc(C(F)(F)F)c1)CC(=O)N1CCOCC1. The minimum absolute atomic E-state index is 0.0109. The number of hydrogen-bond donors (Lipinski definition) is 2. The quantitative estimate of drug-likeness (QED) is 0.498. The maximum atomic E-state index is 12.9. The molecule has 0 spiro atoms. The summed E-state index contributed by atoms with van der Waals surface area (Å²) in [7, 11) is 0. The van der Waals surface area contributed by atoms with Crippen LogP contribution in [0, 0.1) is 5.41 Å². The third-order valence-corrected chi connectivity index (χ3v) is 4.80. The molecule has 0 aromatic heterocycles. The molecule has 1 saturated heterocycles. The van der Waals surface area contributed by atoms with Gasteiger partial charge in [-0.05, 0) is 23.6 Å². The number of carbonyl (C=O) groups is 3. The molecule has 184 valence electrons. The van der Waals surface area contributed by atoms with E-state index in [-0.39, 0.29) is 36.9 Å². The number of hydrogen-bond acceptors (Lipinski definition) is 4. The van der Waals surface area contributed by atoms with Gasteiger partial charge in [0, 0.05) is 31.5 Å². The average molecular weight is 483 g/mol. The summed E-state index contributed by atoms with van der Waals surface area (Å²) in [5.41, 5.74) is -1.30. The number of amides is 3. The Balaban J connectivity index is 2.00. The van der Waals surface area contributed by atoms with Crippen molar-refractivity contribution in [1.82, 2.24) is 15.8 Å². The number of halogens is 6. The summed E-state index contributed by atoms with van der Waals surface area (Å²) < 4.78 is 82.8. The van der Waals surface area contributed by atoms with Crippen LogP contribution in [0.25, 0.3) is 0 Å². The molecule has 2 N–H and O–H groups in total. The summed E-state index contributed by atoms with van der Waals surface area (Å²) >= 11 is 0. The first kappa shape index (κ1) is 26.4. The Hall–Kier alpha value is -2.83. The molecule has 1 aromatic carbocycles. The number of nitrogens with one attached hydrogen (secondary N) is 2. The number of alkyl halides is 6. The Morgan fingerprint density at radius 2 is 1.39 bits per heavy atom. The van der Waals surface area contributed by atoms with Gasteiger partial charge in [0.15, 0.2) is 0 Å². The summed E-state index contributed by atoms with van der Waals surface area (Å²) in [5.74, 6) is -2.32. The van der Waals surface area contributed by atoms with Gasteiger partial charge in [0.2, 0.25) is 11.8 Å². The van der Waals surface area contributed by atoms with Crippen LogP contribution in [0.5, 0.6) is 0 Å². The highest BCUT2D eigenvalue weighted by Gasteiger charge is 2.37. The fraction of sp³-hybridized carbons (Fsp3) is 0.550. The maximum absolute atomic E-state index is 12.9. The van der Waals surface area contributed by atoms with Crippen LogP contribution < -0.4 is 10.9 Å². The number of nitrogens with zero attached hydrogens (tertiary/aromatic N) is 1. The van der Waals surface area contributed by atoms with E-state index in [2.05, 4.69) is 0 Å². The molecule has 1 heterocycles. The number of hydrazine groups is 1. The van der Waals surface area contributed by atoms with Crippen molar-refractivity contribution in [1.29, 1.82) is 0 Å². The van der Waals surface area contributed by atoms with Crippen LogP contribution in [0.15, 0.2) is 18.2 Å². The van der Waals surface area contributed by atoms with Gasteiger partial charge in [0.1, 0.15) is 0 Å². The number of ether oxygens (including phenoxy) is 1. The molecular weight excluding hydrogens is 460 g/mol. The van der Waals surface area contributed by atoms with E-state index in [0.717, 1.165) is 0 Å². The fourth-order valence-corrected chi connectivity index (χ4v) is 3.16. The first-order chi connectivity index (χ1) is 15.1. The Labute approximate surface area is 185 Å². The van der Waals surface area contributed by atoms with E-state index in [9.17, 15) is 40.7 Å². The molecule has 0 bridgehead atoms. The molecule has 0 unspecified atom stereocenters. The summed E-state index contributed by atoms with van der Waals surface area (Å²) in [6, 6.07) is 0.396. The van der Waals surface area contributed by atoms with Gasteiger partial charge < -0.3 is 9.64 Å². The molecule has 1 aliphatic heterocycles. The first-order valence-corrected chi connectivity index (χ1v) is 9.83. The zero-order valence-corrected chi connectivity index (χ0v) is 17.8. The number of morpholine rings is 1. The standard InChI is InChI=1S/C20H23F6N3O4/c1-18(2,11-16(31)29-3-5-33-6-4-29)10-15(30)27-28-17(32)12-7-13(19(21,22)23)9-14(8-12)20(24,25)26/h7-9H,3-6,10-11H2,1-2H3,(H,27,30)(H,28,32). The molecule has 33 heavy (non-hydrogen) atoms. The van der Waals surface area contributed by atoms with Gasteiger partial charge in [-0.1, -0.05) is 13.8 Å². The monoisotopic (exact) mass is 483 g/mol. The Bertz CT molecular complexity index is 861. The van der Waals surface area contributed by atoms with Gasteiger partial charge in [-0.2, -0.15) is 26.3 Å². The predicted octanol–water partition coefficient (Wildman–Crippen LogP) is 3.15. The fourth-order valence-electron chi connectivity index (χ4n) is 3.16. The van der Waals surface area contributed by atoms with Crippen molar-refractivity contribution < 1.29 is 45.5 Å². The van der Waals surface area contributed by atoms with Crippen LogP contribution in [0.4, 0.5) is 26.3 Å². The van der Waals surface area contributed by atoms with Crippen LogP contribution >= 0.6 is 0 Å². The molecule has 1 aliphatic rings. The summed E-state index contributed by atoms with van der Waals surface area (Å²) in [6.45, 7) is 4.93. The van der Waals surface area contributed by atoms with Crippen LogP contribution in [-0.4, -0.2) is 48.9 Å². The molecule has 1 fully saturated rings. The minimum Gasteiger partial charge on any atom is -0.378 e. The highest BCUT2D eigenvalue weighted by molar-refractivity contribution is 5.96. The average Bonchev–Trinajstić information content (AvgIpc) is 2.70. The zero-order chi connectivity index (χ0) is 25.0. The predicted molar refractivity (Wildman–Crippen MR) is 102 cm³/mol. The second-order valence-electron chi connectivity index (χ2n) is 8.31. The van der Waals surface area contributed by atoms with Crippen LogP contribution in [0.1, 0.15) is 48.2 Å². The lowest BCUT2D eigenvalue weighted by molar-refractivity contribution is -0.143. The van der Waals surface area contributed by atoms with Gasteiger partial charge in [0.25, 0.3) is 5.91 Å². The third kappa shape index (κ3) is 7.91. The van der Waals surface area contributed by atoms with Crippen molar-refractivity contribution in [3.8, 4) is 0 Å². The maximum Gasteiger partial charge on any atom is 0.416 e. The molecule has 3 amide bonds. The first-order valence-electron chi connectivity index (χ1n) is 9.83. The third-order valence-electron chi connectivity index (χ3n) is 4.80. The highest BCUT2D eigenvalue weighted by atomic mass is 19.4. The van der Waals surface area contributed by atoms with Crippen molar-refractivity contribution in [3.63, 3.8) is 0 Å². The molecule has 2 rings (SSSR count). The molecule has 0 radical (unpaired) electrons. The summed E-state index contributed by atoms with van der Waals surface area (Å²) in [6.07, 6.45) is -10.5. The molecule has 7 nitrogen and oxygen atoms in total. The second-order valence-corrected chi connectivity index (χ2v) is 8.31. The molecule has 1 aromatic rings. The lowest BCUT2D eigenvalue weighted by Gasteiger charge is -2.31. The van der Waals surface area contributed by atoms with Gasteiger partial charge in [-0.3, -0.25) is 25.2 Å². The Morgan fingerprint density at radius 1 is 0.879 bits per heavy atom. The van der Waals surface area contributed by atoms with E-state index < -0.39 is 46.3 Å². The molecule has 0 atom stereocenters. The molecular formula is C20H23F6N3O4. The topological polar surface area (TPSA) is 87.7 Å². The van der Waals surface area contributed by atoms with Gasteiger partial charge in [0.05, 0.1) is 24.3 Å². The zero-order valence-electron chi connectivity index (χ0n) is 17.8. The second kappa shape index (κ2) is 9.98. The van der Waals surface area contributed by atoms with Crippen molar-refractivity contribution in [2.45, 2.75) is 39.0 Å². The number of benzene rings is 1. The van der Waals surface area contributed by atoms with Crippen molar-refractivity contribution in [2.75, 3.05) is 26.3 Å². The van der Waals surface area contributed by atoms with Crippen molar-refractivity contribution in [2.24, 2.45) is 5.41 Å². The van der Waals surface area contributed by atoms with E-state index in [1.165, 1.54) is 0 Å². The molecule has 0 aliphatic carbocycles. The molecule has 13 heteroatoms. The smallest absolute Gasteiger partial charge is 0.378 e. The van der Waals surface area contributed by atoms with E-state index in [4.69, 9.17) is 4.74 Å². The van der Waals surface area contributed by atoms with Gasteiger partial charge >= 0.3 is 12.4 Å². The van der Waals surface area contributed by atoms with Crippen LogP contribution in [0.3, 0.4) is 0 Å². The summed E-state index contributed by atoms with van der Waals surface area (Å²) in [5, 5.41) is 0. The summed E-state index contributed by atoms with van der Waals surface area (Å²) in [4.78, 5) is 38.2. The lowest BCUT2D eigenvalue weighted by atomic mass is 9.85. The number of carbonyl (C=O) groups excluding carboxylic acids is 3. The minimum atomic E-state index is -5.11. The van der Waals surface area contributed by atoms with E-state index in [0.29, 0.717) is 26.3 Å². The van der Waals surface area contributed by atoms with Crippen molar-refractivity contribution >= 4 is 17.7 Å². The van der Waals surface area contributed by atoms with E-state index in [1.807, 2.05) is 10.9 Å². The van der Waals surface area contributed by atoms with Crippen LogP contribution in [0.2, 0.25) is 0 Å². The van der Waals surface area contributed by atoms with Gasteiger partial charge in [-0.25, -0.2) is 0 Å². The van der Waals surface area contributed by atoms with Gasteiger partial charge in [-0.15, -0.1) is 0 Å². The lowest BCUT2D eigenvalue weighted by Crippen LogP contribution is -2.45. The normalized spacial score (nSPS) is 15.2. The Morgan fingerprint density at radius 3 is 1.88 bits per heavy atom. The van der Waals surface area contributed by atoms with Crippen LogP contribution in [-0.2, 0) is 26.7 Å². The highest BCUT2D eigenvalue weighted by Crippen LogP contribution is 2.36. The molecule has 0 saturated carbocycles. The van der Waals surface area contributed by atoms with E-state index >= 15 is 0 Å². The number of rotatable bonds is 5. The largest absolute Gasteiger partial charge is 0.416 e.